The number of rotatable bonds is 4. The topological polar surface area (TPSA) is 96.0 Å². The summed E-state index contributed by atoms with van der Waals surface area (Å²) in [5.41, 5.74) is 4.86. The van der Waals surface area contributed by atoms with Crippen LogP contribution in [0.25, 0.3) is 10.6 Å². The molecule has 2 aromatic carbocycles. The second-order valence-electron chi connectivity index (χ2n) is 8.73. The summed E-state index contributed by atoms with van der Waals surface area (Å²) in [6.45, 7) is 3.02. The minimum Gasteiger partial charge on any atom is -0.493 e. The van der Waals surface area contributed by atoms with Crippen LogP contribution in [0, 0.1) is 0 Å². The number of thiazole rings is 1. The number of hydrogen-bond donors (Lipinski definition) is 2. The van der Waals surface area contributed by atoms with Crippen LogP contribution in [0.2, 0.25) is 0 Å². The summed E-state index contributed by atoms with van der Waals surface area (Å²) in [7, 11) is 1.88. The molecule has 3 aromatic rings. The first-order valence-corrected chi connectivity index (χ1v) is 12.5. The summed E-state index contributed by atoms with van der Waals surface area (Å²) in [4.78, 5) is 34.2. The average molecular weight is 492 g/mol. The Bertz CT molecular complexity index is 1300. The number of anilines is 2. The van der Waals surface area contributed by atoms with Crippen LogP contribution in [0.3, 0.4) is 0 Å². The van der Waals surface area contributed by atoms with E-state index in [2.05, 4.69) is 21.7 Å². The van der Waals surface area contributed by atoms with Gasteiger partial charge < -0.3 is 29.9 Å². The second kappa shape index (κ2) is 8.86. The molecule has 0 radical (unpaired) electrons. The highest BCUT2D eigenvalue weighted by molar-refractivity contribution is 7.13. The Labute approximate surface area is 206 Å². The van der Waals surface area contributed by atoms with Gasteiger partial charge in [-0.1, -0.05) is 0 Å². The molecule has 180 valence electrons. The molecule has 1 atom stereocenters. The molecule has 0 bridgehead atoms. The van der Waals surface area contributed by atoms with E-state index >= 15 is 0 Å². The third kappa shape index (κ3) is 4.08. The summed E-state index contributed by atoms with van der Waals surface area (Å²) in [6, 6.07) is 11.6. The van der Waals surface area contributed by atoms with Crippen molar-refractivity contribution in [2.75, 3.05) is 50.2 Å². The Hall–Kier alpha value is -3.63. The van der Waals surface area contributed by atoms with E-state index in [1.165, 1.54) is 16.9 Å². The SMILES string of the molecule is CN1c2cc(C(=O)N3CCOCC3)ccc2NC1NC(=O)c1csc(-c2ccc3c(c2)CCO3)n1. The minimum atomic E-state index is -0.450. The fourth-order valence-corrected chi connectivity index (χ4v) is 5.37. The Kier molecular flexibility index (Phi) is 5.54. The summed E-state index contributed by atoms with van der Waals surface area (Å²) in [6.07, 6.45) is 0.440. The quantitative estimate of drug-likeness (QED) is 0.579. The minimum absolute atomic E-state index is 0.00916. The molecule has 0 spiro atoms. The summed E-state index contributed by atoms with van der Waals surface area (Å²) in [5, 5.41) is 8.88. The molecule has 10 heteroatoms. The third-order valence-electron chi connectivity index (χ3n) is 6.54. The number of aromatic nitrogens is 1. The van der Waals surface area contributed by atoms with E-state index in [1.54, 1.807) is 10.3 Å². The molecule has 1 unspecified atom stereocenters. The van der Waals surface area contributed by atoms with E-state index < -0.39 is 6.29 Å². The predicted molar refractivity (Wildman–Crippen MR) is 133 cm³/mol. The largest absolute Gasteiger partial charge is 0.493 e. The van der Waals surface area contributed by atoms with Gasteiger partial charge >= 0.3 is 0 Å². The Morgan fingerprint density at radius 3 is 2.86 bits per heavy atom. The zero-order chi connectivity index (χ0) is 23.9. The fourth-order valence-electron chi connectivity index (χ4n) is 4.57. The molecule has 1 saturated heterocycles. The third-order valence-corrected chi connectivity index (χ3v) is 7.43. The van der Waals surface area contributed by atoms with Gasteiger partial charge in [-0.25, -0.2) is 4.98 Å². The van der Waals surface area contributed by atoms with Crippen molar-refractivity contribution in [1.82, 2.24) is 15.2 Å². The van der Waals surface area contributed by atoms with E-state index in [0.29, 0.717) is 44.2 Å². The van der Waals surface area contributed by atoms with E-state index in [9.17, 15) is 9.59 Å². The van der Waals surface area contributed by atoms with E-state index in [4.69, 9.17) is 9.47 Å². The maximum absolute atomic E-state index is 13.0. The number of amides is 2. The van der Waals surface area contributed by atoms with Crippen LogP contribution in [0.4, 0.5) is 11.4 Å². The van der Waals surface area contributed by atoms with Gasteiger partial charge in [0.25, 0.3) is 11.8 Å². The molecule has 9 nitrogen and oxygen atoms in total. The maximum atomic E-state index is 13.0. The van der Waals surface area contributed by atoms with Gasteiger partial charge in [0.1, 0.15) is 16.5 Å². The highest BCUT2D eigenvalue weighted by Crippen LogP contribution is 2.35. The Morgan fingerprint density at radius 1 is 1.14 bits per heavy atom. The number of fused-ring (bicyclic) bond motifs is 2. The van der Waals surface area contributed by atoms with E-state index in [-0.39, 0.29) is 11.8 Å². The monoisotopic (exact) mass is 491 g/mol. The van der Waals surface area contributed by atoms with Gasteiger partial charge in [-0.15, -0.1) is 11.3 Å². The van der Waals surface area contributed by atoms with Crippen molar-refractivity contribution in [3.8, 4) is 16.3 Å². The van der Waals surface area contributed by atoms with E-state index in [1.807, 2.05) is 42.3 Å². The smallest absolute Gasteiger partial charge is 0.273 e. The fraction of sp³-hybridized carbons (Fsp3) is 0.320. The van der Waals surface area contributed by atoms with Crippen molar-refractivity contribution < 1.29 is 19.1 Å². The molecule has 1 fully saturated rings. The number of ether oxygens (including phenoxy) is 2. The summed E-state index contributed by atoms with van der Waals surface area (Å²) >= 11 is 1.44. The molecular formula is C25H25N5O4S. The summed E-state index contributed by atoms with van der Waals surface area (Å²) in [5.74, 6) is 0.650. The number of nitrogens with one attached hydrogen (secondary N) is 2. The predicted octanol–water partition coefficient (Wildman–Crippen LogP) is 2.79. The highest BCUT2D eigenvalue weighted by Gasteiger charge is 2.29. The van der Waals surface area contributed by atoms with Crippen molar-refractivity contribution in [1.29, 1.82) is 0 Å². The van der Waals surface area contributed by atoms with Crippen LogP contribution < -0.4 is 20.3 Å². The zero-order valence-electron chi connectivity index (χ0n) is 19.2. The van der Waals surface area contributed by atoms with Crippen molar-refractivity contribution >= 4 is 34.5 Å². The average Bonchev–Trinajstić information content (AvgIpc) is 3.63. The molecule has 3 aliphatic rings. The van der Waals surface area contributed by atoms with Crippen LogP contribution in [-0.2, 0) is 11.2 Å². The normalized spacial score (nSPS) is 18.5. The molecule has 2 amide bonds. The van der Waals surface area contributed by atoms with Gasteiger partial charge in [0.2, 0.25) is 0 Å². The lowest BCUT2D eigenvalue weighted by molar-refractivity contribution is 0.0303. The number of morpholine rings is 1. The Balaban J connectivity index is 1.14. The molecule has 3 aliphatic heterocycles. The van der Waals surface area contributed by atoms with Gasteiger partial charge in [-0.2, -0.15) is 0 Å². The molecule has 0 saturated carbocycles. The molecule has 0 aliphatic carbocycles. The molecule has 1 aromatic heterocycles. The number of nitrogens with zero attached hydrogens (tertiary/aromatic N) is 3. The lowest BCUT2D eigenvalue weighted by Gasteiger charge is -2.27. The summed E-state index contributed by atoms with van der Waals surface area (Å²) < 4.78 is 10.9. The second-order valence-corrected chi connectivity index (χ2v) is 9.58. The molecule has 6 rings (SSSR count). The molecule has 35 heavy (non-hydrogen) atoms. The maximum Gasteiger partial charge on any atom is 0.273 e. The number of benzene rings is 2. The van der Waals surface area contributed by atoms with Crippen molar-refractivity contribution in [2.24, 2.45) is 0 Å². The Morgan fingerprint density at radius 2 is 2.00 bits per heavy atom. The number of carbonyl (C=O) groups excluding carboxylic acids is 2. The van der Waals surface area contributed by atoms with Crippen LogP contribution in [0.5, 0.6) is 5.75 Å². The van der Waals surface area contributed by atoms with Gasteiger partial charge in [0.15, 0.2) is 6.29 Å². The first-order valence-electron chi connectivity index (χ1n) is 11.6. The number of hydrogen-bond acceptors (Lipinski definition) is 8. The van der Waals surface area contributed by atoms with Crippen LogP contribution in [0.15, 0.2) is 41.8 Å². The van der Waals surface area contributed by atoms with Gasteiger partial charge in [-0.3, -0.25) is 9.59 Å². The van der Waals surface area contributed by atoms with Gasteiger partial charge in [0, 0.05) is 43.1 Å². The van der Waals surface area contributed by atoms with Crippen LogP contribution in [0.1, 0.15) is 26.4 Å². The molecule has 2 N–H and O–H groups in total. The lowest BCUT2D eigenvalue weighted by atomic mass is 10.1. The molecule has 4 heterocycles. The standard InChI is InChI=1S/C25H25N5O4S/c1-29-20-13-17(24(32)30-7-10-33-11-8-30)2-4-18(20)27-25(29)28-22(31)19-14-35-23(26-19)16-3-5-21-15(12-16)6-9-34-21/h2-5,12-14,25,27H,6-11H2,1H3,(H,28,31). The molecular weight excluding hydrogens is 466 g/mol. The van der Waals surface area contributed by atoms with Crippen molar-refractivity contribution in [2.45, 2.75) is 12.7 Å². The first kappa shape index (κ1) is 21.9. The van der Waals surface area contributed by atoms with E-state index in [0.717, 1.165) is 34.1 Å². The number of carbonyl (C=O) groups is 2. The van der Waals surface area contributed by atoms with Crippen molar-refractivity contribution in [3.63, 3.8) is 0 Å². The van der Waals surface area contributed by atoms with Crippen LogP contribution in [-0.4, -0.2) is 67.9 Å². The highest BCUT2D eigenvalue weighted by atomic mass is 32.1. The van der Waals surface area contributed by atoms with Gasteiger partial charge in [-0.05, 0) is 42.0 Å². The van der Waals surface area contributed by atoms with Gasteiger partial charge in [0.05, 0.1) is 31.2 Å². The van der Waals surface area contributed by atoms with Crippen LogP contribution >= 0.6 is 11.3 Å². The lowest BCUT2D eigenvalue weighted by Crippen LogP contribution is -2.48. The van der Waals surface area contributed by atoms with Crippen molar-refractivity contribution in [3.05, 3.63) is 58.6 Å². The first-order chi connectivity index (χ1) is 17.1. The zero-order valence-corrected chi connectivity index (χ0v) is 20.1.